The second kappa shape index (κ2) is 4.88. The highest BCUT2D eigenvalue weighted by atomic mass is 16.2. The molecule has 1 amide bonds. The van der Waals surface area contributed by atoms with E-state index in [1.54, 1.807) is 12.5 Å². The number of hydrogen-bond donors (Lipinski definition) is 0. The molecule has 0 aromatic carbocycles. The van der Waals surface area contributed by atoms with E-state index in [-0.39, 0.29) is 5.91 Å². The number of likely N-dealkylation sites (tertiary alicyclic amines) is 1. The Labute approximate surface area is 95.0 Å². The van der Waals surface area contributed by atoms with E-state index in [1.165, 1.54) is 6.08 Å². The maximum absolute atomic E-state index is 11.5. The van der Waals surface area contributed by atoms with Gasteiger partial charge in [0.2, 0.25) is 5.91 Å². The van der Waals surface area contributed by atoms with Crippen LogP contribution in [0.2, 0.25) is 0 Å². The van der Waals surface area contributed by atoms with Gasteiger partial charge >= 0.3 is 0 Å². The van der Waals surface area contributed by atoms with Gasteiger partial charge in [-0.05, 0) is 25.0 Å². The quantitative estimate of drug-likeness (QED) is 0.703. The van der Waals surface area contributed by atoms with Crippen molar-refractivity contribution in [2.75, 3.05) is 13.1 Å². The highest BCUT2D eigenvalue weighted by Crippen LogP contribution is 2.24. The van der Waals surface area contributed by atoms with Gasteiger partial charge in [0, 0.05) is 30.9 Å². The highest BCUT2D eigenvalue weighted by Gasteiger charge is 2.23. The van der Waals surface area contributed by atoms with Crippen LogP contribution in [0, 0.1) is 0 Å². The summed E-state index contributed by atoms with van der Waals surface area (Å²) in [5.74, 6) is 0.347. The summed E-state index contributed by atoms with van der Waals surface area (Å²) in [6.45, 7) is 5.08. The second-order valence-electron chi connectivity index (χ2n) is 3.96. The summed E-state index contributed by atoms with van der Waals surface area (Å²) in [4.78, 5) is 21.5. The summed E-state index contributed by atoms with van der Waals surface area (Å²) >= 11 is 0. The Kier molecular flexibility index (Phi) is 3.29. The Morgan fingerprint density at radius 2 is 2.50 bits per heavy atom. The lowest BCUT2D eigenvalue weighted by Gasteiger charge is -2.31. The fourth-order valence-electron chi connectivity index (χ4n) is 2.09. The predicted octanol–water partition coefficient (Wildman–Crippen LogP) is 1.37. The van der Waals surface area contributed by atoms with E-state index < -0.39 is 0 Å². The zero-order valence-corrected chi connectivity index (χ0v) is 9.17. The lowest BCUT2D eigenvalue weighted by Crippen LogP contribution is -2.38. The molecule has 0 saturated carbocycles. The molecule has 0 radical (unpaired) electrons. The molecule has 4 heteroatoms. The van der Waals surface area contributed by atoms with Crippen molar-refractivity contribution in [3.8, 4) is 0 Å². The molecule has 1 aromatic rings. The Morgan fingerprint density at radius 1 is 1.62 bits per heavy atom. The Hall–Kier alpha value is -1.71. The molecule has 0 aliphatic carbocycles. The molecule has 1 unspecified atom stereocenters. The molecule has 1 fully saturated rings. The van der Waals surface area contributed by atoms with Crippen LogP contribution in [0.25, 0.3) is 0 Å². The fourth-order valence-corrected chi connectivity index (χ4v) is 2.09. The largest absolute Gasteiger partial charge is 0.339 e. The molecule has 1 saturated heterocycles. The van der Waals surface area contributed by atoms with Gasteiger partial charge in [-0.25, -0.2) is 9.97 Å². The summed E-state index contributed by atoms with van der Waals surface area (Å²) in [6.07, 6.45) is 6.79. The van der Waals surface area contributed by atoms with Gasteiger partial charge in [0.1, 0.15) is 6.33 Å². The van der Waals surface area contributed by atoms with Crippen molar-refractivity contribution in [2.45, 2.75) is 18.8 Å². The molecule has 1 aromatic heterocycles. The molecule has 1 aliphatic heterocycles. The van der Waals surface area contributed by atoms with Crippen molar-refractivity contribution < 1.29 is 4.79 Å². The second-order valence-corrected chi connectivity index (χ2v) is 3.96. The lowest BCUT2D eigenvalue weighted by atomic mass is 9.94. The minimum Gasteiger partial charge on any atom is -0.339 e. The first-order valence-corrected chi connectivity index (χ1v) is 5.48. The van der Waals surface area contributed by atoms with Gasteiger partial charge in [0.25, 0.3) is 0 Å². The fraction of sp³-hybridized carbons (Fsp3) is 0.417. The zero-order valence-electron chi connectivity index (χ0n) is 9.17. The third kappa shape index (κ3) is 2.27. The molecule has 1 atom stereocenters. The van der Waals surface area contributed by atoms with Gasteiger partial charge < -0.3 is 4.90 Å². The van der Waals surface area contributed by atoms with Gasteiger partial charge in [0.15, 0.2) is 0 Å². The number of hydrogen-bond acceptors (Lipinski definition) is 3. The summed E-state index contributed by atoms with van der Waals surface area (Å²) in [5.41, 5.74) is 1.02. The van der Waals surface area contributed by atoms with Crippen LogP contribution in [0.3, 0.4) is 0 Å². The average molecular weight is 217 g/mol. The van der Waals surface area contributed by atoms with Crippen LogP contribution < -0.4 is 0 Å². The van der Waals surface area contributed by atoms with E-state index in [1.807, 2.05) is 11.0 Å². The summed E-state index contributed by atoms with van der Waals surface area (Å²) in [5, 5.41) is 0. The number of nitrogens with zero attached hydrogens (tertiary/aromatic N) is 3. The lowest BCUT2D eigenvalue weighted by molar-refractivity contribution is -0.127. The normalized spacial score (nSPS) is 20.5. The minimum atomic E-state index is 0.0127. The van der Waals surface area contributed by atoms with Crippen LogP contribution in [0.5, 0.6) is 0 Å². The third-order valence-electron chi connectivity index (χ3n) is 2.93. The first-order chi connectivity index (χ1) is 7.81. The highest BCUT2D eigenvalue weighted by molar-refractivity contribution is 5.87. The first-order valence-electron chi connectivity index (χ1n) is 5.48. The summed E-state index contributed by atoms with van der Waals surface area (Å²) < 4.78 is 0. The van der Waals surface area contributed by atoms with Crippen molar-refractivity contribution >= 4 is 5.91 Å². The molecule has 0 spiro atoms. The number of amides is 1. The molecule has 2 heterocycles. The zero-order chi connectivity index (χ0) is 11.4. The first kappa shape index (κ1) is 10.8. The monoisotopic (exact) mass is 217 g/mol. The Morgan fingerprint density at radius 3 is 3.19 bits per heavy atom. The topological polar surface area (TPSA) is 46.1 Å². The molecule has 84 valence electrons. The summed E-state index contributed by atoms with van der Waals surface area (Å²) in [6, 6.07) is 1.92. The third-order valence-corrected chi connectivity index (χ3v) is 2.93. The van der Waals surface area contributed by atoms with Crippen LogP contribution in [-0.4, -0.2) is 33.9 Å². The summed E-state index contributed by atoms with van der Waals surface area (Å²) in [7, 11) is 0. The molecule has 0 N–H and O–H groups in total. The molecular formula is C12H15N3O. The standard InChI is InChI=1S/C12H15N3O/c1-2-12(16)15-7-3-4-10(8-15)11-5-6-13-9-14-11/h2,5-6,9-10H,1,3-4,7-8H2. The number of piperidine rings is 1. The average Bonchev–Trinajstić information content (AvgIpc) is 2.39. The maximum Gasteiger partial charge on any atom is 0.245 e. The SMILES string of the molecule is C=CC(=O)N1CCCC(c2ccncn2)C1. The molecule has 1 aliphatic rings. The van der Waals surface area contributed by atoms with E-state index >= 15 is 0 Å². The van der Waals surface area contributed by atoms with Crippen molar-refractivity contribution in [1.29, 1.82) is 0 Å². The van der Waals surface area contributed by atoms with Crippen LogP contribution in [-0.2, 0) is 4.79 Å². The number of rotatable bonds is 2. The maximum atomic E-state index is 11.5. The molecule has 2 rings (SSSR count). The van der Waals surface area contributed by atoms with E-state index in [4.69, 9.17) is 0 Å². The number of carbonyl (C=O) groups is 1. The molecule has 16 heavy (non-hydrogen) atoms. The van der Waals surface area contributed by atoms with Crippen molar-refractivity contribution in [2.24, 2.45) is 0 Å². The van der Waals surface area contributed by atoms with E-state index in [2.05, 4.69) is 16.5 Å². The van der Waals surface area contributed by atoms with E-state index in [0.717, 1.165) is 31.6 Å². The molecule has 0 bridgehead atoms. The van der Waals surface area contributed by atoms with Crippen LogP contribution in [0.1, 0.15) is 24.5 Å². The number of aromatic nitrogens is 2. The minimum absolute atomic E-state index is 0.0127. The van der Waals surface area contributed by atoms with E-state index in [0.29, 0.717) is 5.92 Å². The predicted molar refractivity (Wildman–Crippen MR) is 60.8 cm³/mol. The van der Waals surface area contributed by atoms with Gasteiger partial charge in [-0.1, -0.05) is 6.58 Å². The Bertz CT molecular complexity index is 377. The van der Waals surface area contributed by atoms with Gasteiger partial charge in [-0.3, -0.25) is 4.79 Å². The van der Waals surface area contributed by atoms with Crippen LogP contribution in [0.15, 0.2) is 31.2 Å². The Balaban J connectivity index is 2.07. The molecule has 4 nitrogen and oxygen atoms in total. The van der Waals surface area contributed by atoms with Crippen LogP contribution >= 0.6 is 0 Å². The van der Waals surface area contributed by atoms with Crippen molar-refractivity contribution in [3.05, 3.63) is 36.9 Å². The number of carbonyl (C=O) groups excluding carboxylic acids is 1. The van der Waals surface area contributed by atoms with Crippen molar-refractivity contribution in [1.82, 2.24) is 14.9 Å². The van der Waals surface area contributed by atoms with Gasteiger partial charge in [-0.2, -0.15) is 0 Å². The van der Waals surface area contributed by atoms with Crippen LogP contribution in [0.4, 0.5) is 0 Å². The van der Waals surface area contributed by atoms with Gasteiger partial charge in [-0.15, -0.1) is 0 Å². The van der Waals surface area contributed by atoms with E-state index in [9.17, 15) is 4.79 Å². The van der Waals surface area contributed by atoms with Gasteiger partial charge in [0.05, 0.1) is 0 Å². The molecular weight excluding hydrogens is 202 g/mol. The van der Waals surface area contributed by atoms with Crippen molar-refractivity contribution in [3.63, 3.8) is 0 Å². The smallest absolute Gasteiger partial charge is 0.245 e.